The Balaban J connectivity index is 1.45. The number of aryl methyl sites for hydroxylation is 3. The van der Waals surface area contributed by atoms with Crippen LogP contribution in [0, 0.1) is 38.5 Å². The fourth-order valence-electron chi connectivity index (χ4n) is 6.21. The number of hydrogen-bond acceptors (Lipinski definition) is 2. The van der Waals surface area contributed by atoms with Crippen LogP contribution in [0.1, 0.15) is 62.1 Å². The molecule has 0 unspecified atom stereocenters. The zero-order valence-electron chi connectivity index (χ0n) is 16.0. The molecule has 136 valence electrons. The van der Waals surface area contributed by atoms with Crippen LogP contribution in [0.5, 0.6) is 0 Å². The zero-order chi connectivity index (χ0) is 17.8. The monoisotopic (exact) mass is 357 g/mol. The Morgan fingerprint density at radius 1 is 1.04 bits per heavy atom. The van der Waals surface area contributed by atoms with E-state index in [1.807, 2.05) is 11.8 Å². The van der Waals surface area contributed by atoms with Gasteiger partial charge in [0.2, 0.25) is 5.91 Å². The second-order valence-electron chi connectivity index (χ2n) is 9.12. The number of carbonyl (C=O) groups is 1. The Morgan fingerprint density at radius 3 is 2.00 bits per heavy atom. The Hall–Kier alpha value is -0.960. The lowest BCUT2D eigenvalue weighted by molar-refractivity contribution is -0.115. The van der Waals surface area contributed by atoms with E-state index in [1.165, 1.54) is 44.1 Å². The second kappa shape index (κ2) is 6.33. The van der Waals surface area contributed by atoms with Crippen molar-refractivity contribution < 1.29 is 4.79 Å². The third kappa shape index (κ3) is 3.37. The number of rotatable bonds is 4. The molecular formula is C22H31NOS. The molecule has 1 N–H and O–H groups in total. The third-order valence-electron chi connectivity index (χ3n) is 6.70. The number of nitrogens with one attached hydrogen (secondary N) is 1. The van der Waals surface area contributed by atoms with E-state index >= 15 is 0 Å². The van der Waals surface area contributed by atoms with Crippen molar-refractivity contribution >= 4 is 23.4 Å². The van der Waals surface area contributed by atoms with E-state index in [4.69, 9.17) is 0 Å². The predicted octanol–water partition coefficient (Wildman–Crippen LogP) is 5.64. The lowest BCUT2D eigenvalue weighted by Crippen LogP contribution is -2.49. The molecule has 1 atom stereocenters. The van der Waals surface area contributed by atoms with Gasteiger partial charge in [-0.3, -0.25) is 4.79 Å². The summed E-state index contributed by atoms with van der Waals surface area (Å²) in [6.45, 7) is 8.40. The molecule has 4 aliphatic carbocycles. The largest absolute Gasteiger partial charge is 0.325 e. The fourth-order valence-corrected chi connectivity index (χ4v) is 8.12. The molecule has 4 aliphatic rings. The first-order valence-corrected chi connectivity index (χ1v) is 10.8. The van der Waals surface area contributed by atoms with E-state index in [0.717, 1.165) is 34.6 Å². The summed E-state index contributed by atoms with van der Waals surface area (Å²) in [4.78, 5) is 12.9. The van der Waals surface area contributed by atoms with Crippen molar-refractivity contribution in [3.8, 4) is 0 Å². The van der Waals surface area contributed by atoms with Gasteiger partial charge in [-0.15, -0.1) is 11.8 Å². The molecule has 0 saturated heterocycles. The van der Waals surface area contributed by atoms with Gasteiger partial charge in [-0.25, -0.2) is 0 Å². The molecule has 4 saturated carbocycles. The Kier molecular flexibility index (Phi) is 4.42. The molecule has 2 nitrogen and oxygen atoms in total. The number of thioether (sulfide) groups is 1. The Labute approximate surface area is 156 Å². The van der Waals surface area contributed by atoms with Crippen LogP contribution in [0.4, 0.5) is 5.69 Å². The number of carbonyl (C=O) groups excluding carboxylic acids is 1. The Morgan fingerprint density at radius 2 is 1.52 bits per heavy atom. The number of anilines is 1. The minimum atomic E-state index is 0.0244. The first-order chi connectivity index (χ1) is 11.8. The average molecular weight is 358 g/mol. The molecule has 1 aromatic rings. The second-order valence-corrected chi connectivity index (χ2v) is 10.9. The molecule has 3 heteroatoms. The lowest BCUT2D eigenvalue weighted by atomic mass is 9.56. The van der Waals surface area contributed by atoms with Gasteiger partial charge in [0.05, 0.1) is 5.25 Å². The maximum Gasteiger partial charge on any atom is 0.237 e. The van der Waals surface area contributed by atoms with Crippen LogP contribution in [0.15, 0.2) is 12.1 Å². The normalized spacial score (nSPS) is 34.2. The third-order valence-corrected chi connectivity index (χ3v) is 8.27. The molecule has 0 aromatic heterocycles. The van der Waals surface area contributed by atoms with Crippen LogP contribution in [-0.2, 0) is 4.79 Å². The van der Waals surface area contributed by atoms with Gasteiger partial charge in [0.1, 0.15) is 0 Å². The van der Waals surface area contributed by atoms with Crippen LogP contribution in [-0.4, -0.2) is 15.9 Å². The van der Waals surface area contributed by atoms with Crippen LogP contribution >= 0.6 is 11.8 Å². The molecule has 0 aliphatic heterocycles. The van der Waals surface area contributed by atoms with E-state index in [9.17, 15) is 4.79 Å². The standard InChI is InChI=1S/C22H31NOS/c1-13-5-14(2)20(15(3)6-13)23-21(24)16(4)25-22-10-17-7-18(11-22)9-19(8-17)12-22/h5-6,16-19H,7-12H2,1-4H3,(H,23,24)/t16-,17?,18?,19?,22?/m1/s1. The molecule has 0 spiro atoms. The molecule has 25 heavy (non-hydrogen) atoms. The summed E-state index contributed by atoms with van der Waals surface area (Å²) in [5.41, 5.74) is 4.59. The highest BCUT2D eigenvalue weighted by atomic mass is 32.2. The molecule has 5 rings (SSSR count). The van der Waals surface area contributed by atoms with Gasteiger partial charge in [-0.1, -0.05) is 17.7 Å². The quantitative estimate of drug-likeness (QED) is 0.755. The maximum absolute atomic E-state index is 12.9. The van der Waals surface area contributed by atoms with E-state index in [2.05, 4.69) is 45.1 Å². The topological polar surface area (TPSA) is 29.1 Å². The number of amides is 1. The van der Waals surface area contributed by atoms with Crippen molar-refractivity contribution in [2.45, 2.75) is 76.2 Å². The summed E-state index contributed by atoms with van der Waals surface area (Å²) >= 11 is 1.99. The first-order valence-electron chi connectivity index (χ1n) is 9.90. The highest BCUT2D eigenvalue weighted by molar-refractivity contribution is 8.01. The summed E-state index contributed by atoms with van der Waals surface area (Å²) in [6.07, 6.45) is 8.43. The molecule has 0 radical (unpaired) electrons. The highest BCUT2D eigenvalue weighted by Gasteiger charge is 2.52. The van der Waals surface area contributed by atoms with Crippen LogP contribution in [0.3, 0.4) is 0 Å². The number of benzene rings is 1. The van der Waals surface area contributed by atoms with Crippen molar-refractivity contribution in [2.75, 3.05) is 5.32 Å². The molecule has 1 aromatic carbocycles. The van der Waals surface area contributed by atoms with Crippen molar-refractivity contribution in [2.24, 2.45) is 17.8 Å². The van der Waals surface area contributed by atoms with E-state index in [-0.39, 0.29) is 11.2 Å². The molecular weight excluding hydrogens is 326 g/mol. The minimum Gasteiger partial charge on any atom is -0.325 e. The fraction of sp³-hybridized carbons (Fsp3) is 0.682. The van der Waals surface area contributed by atoms with Crippen LogP contribution in [0.2, 0.25) is 0 Å². The highest BCUT2D eigenvalue weighted by Crippen LogP contribution is 2.61. The van der Waals surface area contributed by atoms with Gasteiger partial charge >= 0.3 is 0 Å². The molecule has 4 fully saturated rings. The van der Waals surface area contributed by atoms with E-state index < -0.39 is 0 Å². The van der Waals surface area contributed by atoms with E-state index in [0.29, 0.717) is 4.75 Å². The van der Waals surface area contributed by atoms with Crippen molar-refractivity contribution in [3.63, 3.8) is 0 Å². The SMILES string of the molecule is Cc1cc(C)c(NC(=O)[C@@H](C)SC23CC4CC(CC(C4)C2)C3)c(C)c1. The van der Waals surface area contributed by atoms with Crippen LogP contribution < -0.4 is 5.32 Å². The van der Waals surface area contributed by atoms with Gasteiger partial charge in [0.15, 0.2) is 0 Å². The Bertz CT molecular complexity index is 637. The van der Waals surface area contributed by atoms with Gasteiger partial charge in [-0.2, -0.15) is 0 Å². The van der Waals surface area contributed by atoms with Gasteiger partial charge in [0.25, 0.3) is 0 Å². The average Bonchev–Trinajstić information content (AvgIpc) is 2.48. The van der Waals surface area contributed by atoms with Crippen molar-refractivity contribution in [1.82, 2.24) is 0 Å². The summed E-state index contributed by atoms with van der Waals surface area (Å²) in [5.74, 6) is 3.00. The zero-order valence-corrected chi connectivity index (χ0v) is 16.8. The summed E-state index contributed by atoms with van der Waals surface area (Å²) < 4.78 is 0.392. The predicted molar refractivity (Wildman–Crippen MR) is 107 cm³/mol. The lowest BCUT2D eigenvalue weighted by Gasteiger charge is -2.57. The number of hydrogen-bond donors (Lipinski definition) is 1. The minimum absolute atomic E-state index is 0.0244. The molecule has 1 amide bonds. The van der Waals surface area contributed by atoms with Crippen molar-refractivity contribution in [1.29, 1.82) is 0 Å². The van der Waals surface area contributed by atoms with Gasteiger partial charge in [0, 0.05) is 10.4 Å². The van der Waals surface area contributed by atoms with Gasteiger partial charge in [-0.05, 0) is 95.1 Å². The van der Waals surface area contributed by atoms with Crippen molar-refractivity contribution in [3.05, 3.63) is 28.8 Å². The summed E-state index contributed by atoms with van der Waals surface area (Å²) in [7, 11) is 0. The smallest absolute Gasteiger partial charge is 0.237 e. The van der Waals surface area contributed by atoms with Gasteiger partial charge < -0.3 is 5.32 Å². The first kappa shape index (κ1) is 17.5. The van der Waals surface area contributed by atoms with E-state index in [1.54, 1.807) is 0 Å². The summed E-state index contributed by atoms with van der Waals surface area (Å²) in [5, 5.41) is 3.25. The summed E-state index contributed by atoms with van der Waals surface area (Å²) in [6, 6.07) is 4.30. The maximum atomic E-state index is 12.9. The molecule has 0 heterocycles. The molecule has 4 bridgehead atoms. The van der Waals surface area contributed by atoms with Crippen LogP contribution in [0.25, 0.3) is 0 Å².